The Hall–Kier alpha value is -1.54. The van der Waals surface area contributed by atoms with E-state index in [1.165, 1.54) is 12.1 Å². The van der Waals surface area contributed by atoms with E-state index >= 15 is 0 Å². The second-order valence-corrected chi connectivity index (χ2v) is 4.99. The second kappa shape index (κ2) is 5.34. The summed E-state index contributed by atoms with van der Waals surface area (Å²) in [6.45, 7) is 2.60. The molecule has 0 radical (unpaired) electrons. The molecule has 0 amide bonds. The van der Waals surface area contributed by atoms with E-state index < -0.39 is 12.1 Å². The normalized spacial score (nSPS) is 21.8. The molecule has 21 heavy (non-hydrogen) atoms. The van der Waals surface area contributed by atoms with Gasteiger partial charge in [0, 0.05) is 25.9 Å². The molecule has 1 aromatic rings. The molecule has 8 heteroatoms. The van der Waals surface area contributed by atoms with Crippen LogP contribution < -0.4 is 9.64 Å². The van der Waals surface area contributed by atoms with Crippen LogP contribution in [0.1, 0.15) is 12.8 Å². The molecule has 2 aliphatic rings. The maximum Gasteiger partial charge on any atom is 0.573 e. The first-order valence-electron chi connectivity index (χ1n) is 6.71. The number of anilines is 1. The van der Waals surface area contributed by atoms with Gasteiger partial charge in [0.25, 0.3) is 0 Å². The number of alkyl halides is 3. The van der Waals surface area contributed by atoms with E-state index in [0.717, 1.165) is 19.0 Å². The monoisotopic (exact) mass is 304 g/mol. The van der Waals surface area contributed by atoms with Crippen LogP contribution in [-0.2, 0) is 9.47 Å². The minimum atomic E-state index is -4.70. The third kappa shape index (κ3) is 3.38. The van der Waals surface area contributed by atoms with E-state index in [1.807, 2.05) is 4.90 Å². The van der Waals surface area contributed by atoms with Gasteiger partial charge in [-0.3, -0.25) is 0 Å². The lowest BCUT2D eigenvalue weighted by molar-refractivity contribution is -0.274. The Balaban J connectivity index is 1.60. The smallest absolute Gasteiger partial charge is 0.404 e. The van der Waals surface area contributed by atoms with Crippen molar-refractivity contribution in [1.82, 2.24) is 4.98 Å². The molecule has 2 fully saturated rings. The maximum atomic E-state index is 12.1. The van der Waals surface area contributed by atoms with Crippen LogP contribution >= 0.6 is 0 Å². The standard InChI is InChI=1S/C13H15F3N2O3/c14-13(15,16)21-10-1-2-11(17-9-10)18-5-3-12(4-6-18)19-7-8-20-12/h1-2,9H,3-8H2. The van der Waals surface area contributed by atoms with E-state index in [0.29, 0.717) is 32.1 Å². The summed E-state index contributed by atoms with van der Waals surface area (Å²) in [7, 11) is 0. The van der Waals surface area contributed by atoms with Crippen molar-refractivity contribution in [2.75, 3.05) is 31.2 Å². The summed E-state index contributed by atoms with van der Waals surface area (Å²) in [4.78, 5) is 6.01. The van der Waals surface area contributed by atoms with Crippen LogP contribution in [0.2, 0.25) is 0 Å². The minimum absolute atomic E-state index is 0.317. The van der Waals surface area contributed by atoms with Crippen molar-refractivity contribution in [1.29, 1.82) is 0 Å². The Morgan fingerprint density at radius 2 is 1.81 bits per heavy atom. The lowest BCUT2D eigenvalue weighted by atomic mass is 10.0. The van der Waals surface area contributed by atoms with Crippen LogP contribution in [0.15, 0.2) is 18.3 Å². The molecular weight excluding hydrogens is 289 g/mol. The number of piperidine rings is 1. The van der Waals surface area contributed by atoms with Crippen LogP contribution in [0, 0.1) is 0 Å². The zero-order valence-corrected chi connectivity index (χ0v) is 11.2. The maximum absolute atomic E-state index is 12.1. The summed E-state index contributed by atoms with van der Waals surface area (Å²) in [6, 6.07) is 2.79. The van der Waals surface area contributed by atoms with Crippen molar-refractivity contribution in [3.8, 4) is 5.75 Å². The zero-order chi connectivity index (χ0) is 14.9. The fraction of sp³-hybridized carbons (Fsp3) is 0.615. The highest BCUT2D eigenvalue weighted by molar-refractivity contribution is 5.41. The number of nitrogens with zero attached hydrogens (tertiary/aromatic N) is 2. The Kier molecular flexibility index (Phi) is 3.66. The molecule has 3 heterocycles. The predicted molar refractivity (Wildman–Crippen MR) is 67.0 cm³/mol. The van der Waals surface area contributed by atoms with E-state index in [1.54, 1.807) is 0 Å². The Labute approximate surface area is 119 Å². The van der Waals surface area contributed by atoms with Gasteiger partial charge in [-0.2, -0.15) is 0 Å². The van der Waals surface area contributed by atoms with Crippen molar-refractivity contribution >= 4 is 5.82 Å². The second-order valence-electron chi connectivity index (χ2n) is 4.99. The van der Waals surface area contributed by atoms with Crippen molar-refractivity contribution in [3.05, 3.63) is 18.3 Å². The van der Waals surface area contributed by atoms with Gasteiger partial charge in [0.05, 0.1) is 19.4 Å². The van der Waals surface area contributed by atoms with Gasteiger partial charge in [-0.15, -0.1) is 13.2 Å². The number of ether oxygens (including phenoxy) is 3. The summed E-state index contributed by atoms with van der Waals surface area (Å²) >= 11 is 0. The van der Waals surface area contributed by atoms with Gasteiger partial charge < -0.3 is 19.1 Å². The lowest BCUT2D eigenvalue weighted by Gasteiger charge is -2.38. The van der Waals surface area contributed by atoms with Crippen LogP contribution in [0.4, 0.5) is 19.0 Å². The average Bonchev–Trinajstić information content (AvgIpc) is 2.87. The van der Waals surface area contributed by atoms with Gasteiger partial charge in [0.2, 0.25) is 0 Å². The molecule has 0 aliphatic carbocycles. The van der Waals surface area contributed by atoms with Crippen molar-refractivity contribution in [2.45, 2.75) is 25.0 Å². The predicted octanol–water partition coefficient (Wildman–Crippen LogP) is 2.32. The molecule has 116 valence electrons. The summed E-state index contributed by atoms with van der Waals surface area (Å²) in [5.41, 5.74) is 0. The molecule has 1 aromatic heterocycles. The Bertz CT molecular complexity index is 476. The Morgan fingerprint density at radius 1 is 1.14 bits per heavy atom. The van der Waals surface area contributed by atoms with Gasteiger partial charge in [-0.05, 0) is 12.1 Å². The topological polar surface area (TPSA) is 43.8 Å². The fourth-order valence-corrected chi connectivity index (χ4v) is 2.62. The van der Waals surface area contributed by atoms with Crippen molar-refractivity contribution in [2.24, 2.45) is 0 Å². The summed E-state index contributed by atoms with van der Waals surface area (Å²) in [5, 5.41) is 0. The summed E-state index contributed by atoms with van der Waals surface area (Å²) < 4.78 is 51.3. The zero-order valence-electron chi connectivity index (χ0n) is 11.2. The number of halogens is 3. The van der Waals surface area contributed by atoms with Crippen LogP contribution in [0.25, 0.3) is 0 Å². The molecule has 0 unspecified atom stereocenters. The van der Waals surface area contributed by atoms with Gasteiger partial charge in [0.1, 0.15) is 11.6 Å². The Morgan fingerprint density at radius 3 is 2.33 bits per heavy atom. The highest BCUT2D eigenvalue weighted by atomic mass is 19.4. The molecule has 5 nitrogen and oxygen atoms in total. The molecule has 0 atom stereocenters. The first kappa shape index (κ1) is 14.4. The summed E-state index contributed by atoms with van der Waals surface area (Å²) in [6.07, 6.45) is -2.18. The number of pyridine rings is 1. The lowest BCUT2D eigenvalue weighted by Crippen LogP contribution is -2.45. The highest BCUT2D eigenvalue weighted by Crippen LogP contribution is 2.33. The largest absolute Gasteiger partial charge is 0.573 e. The number of aromatic nitrogens is 1. The molecule has 0 bridgehead atoms. The molecule has 0 saturated carbocycles. The van der Waals surface area contributed by atoms with E-state index in [9.17, 15) is 13.2 Å². The SMILES string of the molecule is FC(F)(F)Oc1ccc(N2CCC3(CC2)OCCO3)nc1. The first-order chi connectivity index (χ1) is 9.96. The molecule has 0 aromatic carbocycles. The van der Waals surface area contributed by atoms with Gasteiger partial charge in [-0.1, -0.05) is 0 Å². The van der Waals surface area contributed by atoms with Gasteiger partial charge >= 0.3 is 6.36 Å². The molecule has 1 spiro atoms. The van der Waals surface area contributed by atoms with Gasteiger partial charge in [-0.25, -0.2) is 4.98 Å². The van der Waals surface area contributed by atoms with E-state index in [4.69, 9.17) is 9.47 Å². The minimum Gasteiger partial charge on any atom is -0.404 e. The average molecular weight is 304 g/mol. The molecule has 0 N–H and O–H groups in total. The number of rotatable bonds is 2. The van der Waals surface area contributed by atoms with Crippen LogP contribution in [0.5, 0.6) is 5.75 Å². The third-order valence-electron chi connectivity index (χ3n) is 3.62. The van der Waals surface area contributed by atoms with E-state index in [2.05, 4.69) is 9.72 Å². The van der Waals surface area contributed by atoms with Gasteiger partial charge in [0.15, 0.2) is 5.79 Å². The number of hydrogen-bond donors (Lipinski definition) is 0. The van der Waals surface area contributed by atoms with Crippen molar-refractivity contribution in [3.63, 3.8) is 0 Å². The van der Waals surface area contributed by atoms with Crippen molar-refractivity contribution < 1.29 is 27.4 Å². The quantitative estimate of drug-likeness (QED) is 0.839. The fourth-order valence-electron chi connectivity index (χ4n) is 2.62. The number of hydrogen-bond acceptors (Lipinski definition) is 5. The third-order valence-corrected chi connectivity index (χ3v) is 3.62. The van der Waals surface area contributed by atoms with Crippen LogP contribution in [-0.4, -0.2) is 43.4 Å². The molecule has 2 saturated heterocycles. The summed E-state index contributed by atoms with van der Waals surface area (Å²) in [5.74, 6) is -0.171. The highest BCUT2D eigenvalue weighted by Gasteiger charge is 2.40. The van der Waals surface area contributed by atoms with Crippen LogP contribution in [0.3, 0.4) is 0 Å². The molecular formula is C13H15F3N2O3. The van der Waals surface area contributed by atoms with E-state index in [-0.39, 0.29) is 5.75 Å². The molecule has 2 aliphatic heterocycles. The molecule has 3 rings (SSSR count). The first-order valence-corrected chi connectivity index (χ1v) is 6.71.